The van der Waals surface area contributed by atoms with Gasteiger partial charge < -0.3 is 20.9 Å². The van der Waals surface area contributed by atoms with Crippen molar-refractivity contribution >= 4 is 11.8 Å². The predicted molar refractivity (Wildman–Crippen MR) is 65.1 cm³/mol. The maximum atomic E-state index is 10.5. The summed E-state index contributed by atoms with van der Waals surface area (Å²) in [6.45, 7) is 0.494. The number of hydrogen-bond acceptors (Lipinski definition) is 4. The van der Waals surface area contributed by atoms with Crippen molar-refractivity contribution in [1.82, 2.24) is 0 Å². The highest BCUT2D eigenvalue weighted by Gasteiger charge is 1.99. The molecule has 0 aliphatic heterocycles. The minimum Gasteiger partial charge on any atom is -0.493 e. The molecule has 1 aromatic rings. The fourth-order valence-electron chi connectivity index (χ4n) is 1.17. The summed E-state index contributed by atoms with van der Waals surface area (Å²) in [4.78, 5) is 21.0. The fourth-order valence-corrected chi connectivity index (χ4v) is 1.17. The van der Waals surface area contributed by atoms with Gasteiger partial charge in [-0.25, -0.2) is 0 Å². The Morgan fingerprint density at radius 3 is 1.44 bits per heavy atom. The van der Waals surface area contributed by atoms with Crippen LogP contribution in [-0.4, -0.2) is 25.0 Å². The van der Waals surface area contributed by atoms with E-state index in [0.29, 0.717) is 11.5 Å². The molecule has 0 heterocycles. The van der Waals surface area contributed by atoms with E-state index in [4.69, 9.17) is 20.9 Å². The van der Waals surface area contributed by atoms with Crippen LogP contribution in [0.4, 0.5) is 0 Å². The molecule has 2 amide bonds. The molecule has 0 aliphatic rings. The number of amides is 2. The number of nitrogens with two attached hydrogens (primary N) is 2. The Hall–Kier alpha value is -2.24. The van der Waals surface area contributed by atoms with E-state index in [-0.39, 0.29) is 26.1 Å². The molecular weight excluding hydrogens is 236 g/mol. The lowest BCUT2D eigenvalue weighted by Gasteiger charge is -2.07. The maximum Gasteiger partial charge on any atom is 0.220 e. The van der Waals surface area contributed by atoms with Crippen molar-refractivity contribution < 1.29 is 19.1 Å². The van der Waals surface area contributed by atoms with Gasteiger partial charge in [0.1, 0.15) is 11.5 Å². The number of rotatable bonds is 8. The molecule has 1 rings (SSSR count). The third-order valence-electron chi connectivity index (χ3n) is 2.06. The molecule has 0 aromatic heterocycles. The Kier molecular flexibility index (Phi) is 5.50. The fraction of sp³-hybridized carbons (Fsp3) is 0.333. The lowest BCUT2D eigenvalue weighted by atomic mass is 10.3. The Bertz CT molecular complexity index is 364. The van der Waals surface area contributed by atoms with Gasteiger partial charge in [0.2, 0.25) is 11.8 Å². The van der Waals surface area contributed by atoms with Crippen LogP contribution in [0.15, 0.2) is 24.3 Å². The zero-order chi connectivity index (χ0) is 13.4. The predicted octanol–water partition coefficient (Wildman–Crippen LogP) is 0.195. The summed E-state index contributed by atoms with van der Waals surface area (Å²) >= 11 is 0. The van der Waals surface area contributed by atoms with Gasteiger partial charge in [0.05, 0.1) is 26.1 Å². The molecule has 4 N–H and O–H groups in total. The molecule has 98 valence electrons. The summed E-state index contributed by atoms with van der Waals surface area (Å²) in [7, 11) is 0. The SMILES string of the molecule is NC(=O)CCOc1ccc(OCCC(N)=O)cc1. The third kappa shape index (κ3) is 5.74. The molecule has 0 saturated carbocycles. The quantitative estimate of drug-likeness (QED) is 0.689. The Morgan fingerprint density at radius 1 is 0.833 bits per heavy atom. The number of carbonyl (C=O) groups excluding carboxylic acids is 2. The van der Waals surface area contributed by atoms with E-state index in [0.717, 1.165) is 0 Å². The highest BCUT2D eigenvalue weighted by Crippen LogP contribution is 2.17. The first kappa shape index (κ1) is 13.8. The van der Waals surface area contributed by atoms with Gasteiger partial charge in [-0.2, -0.15) is 0 Å². The zero-order valence-corrected chi connectivity index (χ0v) is 9.93. The van der Waals surface area contributed by atoms with Crippen molar-refractivity contribution in [2.24, 2.45) is 11.5 Å². The second-order valence-corrected chi connectivity index (χ2v) is 3.60. The van der Waals surface area contributed by atoms with Crippen LogP contribution in [0.1, 0.15) is 12.8 Å². The van der Waals surface area contributed by atoms with Gasteiger partial charge in [-0.15, -0.1) is 0 Å². The molecule has 0 saturated heterocycles. The molecule has 6 nitrogen and oxygen atoms in total. The minimum atomic E-state index is -0.401. The van der Waals surface area contributed by atoms with Gasteiger partial charge >= 0.3 is 0 Å². The van der Waals surface area contributed by atoms with E-state index < -0.39 is 11.8 Å². The van der Waals surface area contributed by atoms with E-state index in [1.165, 1.54) is 0 Å². The van der Waals surface area contributed by atoms with Gasteiger partial charge in [0.15, 0.2) is 0 Å². The number of benzene rings is 1. The summed E-state index contributed by atoms with van der Waals surface area (Å²) in [6.07, 6.45) is 0.355. The molecule has 0 aliphatic carbocycles. The van der Waals surface area contributed by atoms with Crippen LogP contribution in [0.25, 0.3) is 0 Å². The van der Waals surface area contributed by atoms with E-state index in [2.05, 4.69) is 0 Å². The largest absolute Gasteiger partial charge is 0.493 e. The standard InChI is InChI=1S/C12H16N2O4/c13-11(15)5-7-17-9-1-2-10(4-3-9)18-8-6-12(14)16/h1-4H,5-8H2,(H2,13,15)(H2,14,16). The van der Waals surface area contributed by atoms with Gasteiger partial charge in [0, 0.05) is 0 Å². The normalized spacial score (nSPS) is 9.78. The van der Waals surface area contributed by atoms with Crippen LogP contribution in [0.5, 0.6) is 11.5 Å². The summed E-state index contributed by atoms with van der Waals surface area (Å²) in [5, 5.41) is 0. The minimum absolute atomic E-state index is 0.177. The average molecular weight is 252 g/mol. The molecule has 0 radical (unpaired) electrons. The first-order valence-corrected chi connectivity index (χ1v) is 5.50. The van der Waals surface area contributed by atoms with E-state index in [9.17, 15) is 9.59 Å². The van der Waals surface area contributed by atoms with Crippen molar-refractivity contribution in [1.29, 1.82) is 0 Å². The highest BCUT2D eigenvalue weighted by molar-refractivity contribution is 5.74. The Labute approximate surface area is 105 Å². The second-order valence-electron chi connectivity index (χ2n) is 3.60. The first-order chi connectivity index (χ1) is 8.58. The maximum absolute atomic E-state index is 10.5. The number of primary amides is 2. The van der Waals surface area contributed by atoms with Crippen molar-refractivity contribution in [3.63, 3.8) is 0 Å². The first-order valence-electron chi connectivity index (χ1n) is 5.50. The number of hydrogen-bond donors (Lipinski definition) is 2. The Balaban J connectivity index is 2.33. The molecule has 0 spiro atoms. The van der Waals surface area contributed by atoms with E-state index in [1.807, 2.05) is 0 Å². The van der Waals surface area contributed by atoms with E-state index in [1.54, 1.807) is 24.3 Å². The zero-order valence-electron chi connectivity index (χ0n) is 9.93. The molecule has 0 unspecified atom stereocenters. The number of carbonyl (C=O) groups is 2. The van der Waals surface area contributed by atoms with Gasteiger partial charge in [-0.3, -0.25) is 9.59 Å². The molecule has 0 atom stereocenters. The van der Waals surface area contributed by atoms with Crippen LogP contribution < -0.4 is 20.9 Å². The smallest absolute Gasteiger partial charge is 0.220 e. The lowest BCUT2D eigenvalue weighted by molar-refractivity contribution is -0.119. The molecule has 1 aromatic carbocycles. The van der Waals surface area contributed by atoms with Gasteiger partial charge in [-0.1, -0.05) is 0 Å². The monoisotopic (exact) mass is 252 g/mol. The summed E-state index contributed by atoms with van der Waals surface area (Å²) in [5.74, 6) is 0.444. The van der Waals surface area contributed by atoms with Gasteiger partial charge in [0.25, 0.3) is 0 Å². The highest BCUT2D eigenvalue weighted by atomic mass is 16.5. The molecule has 18 heavy (non-hydrogen) atoms. The molecule has 0 fully saturated rings. The topological polar surface area (TPSA) is 105 Å². The van der Waals surface area contributed by atoms with Crippen LogP contribution >= 0.6 is 0 Å². The Morgan fingerprint density at radius 2 is 1.17 bits per heavy atom. The van der Waals surface area contributed by atoms with Crippen molar-refractivity contribution in [2.45, 2.75) is 12.8 Å². The van der Waals surface area contributed by atoms with Crippen LogP contribution in [0.2, 0.25) is 0 Å². The molecular formula is C12H16N2O4. The second kappa shape index (κ2) is 7.16. The summed E-state index contributed by atoms with van der Waals surface area (Å²) in [5.41, 5.74) is 9.97. The number of ether oxygens (including phenoxy) is 2. The lowest BCUT2D eigenvalue weighted by Crippen LogP contribution is -2.15. The molecule has 6 heteroatoms. The summed E-state index contributed by atoms with van der Waals surface area (Å²) in [6, 6.07) is 6.84. The average Bonchev–Trinajstić information content (AvgIpc) is 2.30. The summed E-state index contributed by atoms with van der Waals surface area (Å²) < 4.78 is 10.6. The van der Waals surface area contributed by atoms with Crippen LogP contribution in [-0.2, 0) is 9.59 Å². The van der Waals surface area contributed by atoms with Crippen LogP contribution in [0, 0.1) is 0 Å². The third-order valence-corrected chi connectivity index (χ3v) is 2.06. The van der Waals surface area contributed by atoms with Gasteiger partial charge in [-0.05, 0) is 24.3 Å². The van der Waals surface area contributed by atoms with E-state index >= 15 is 0 Å². The van der Waals surface area contributed by atoms with Crippen LogP contribution in [0.3, 0.4) is 0 Å². The van der Waals surface area contributed by atoms with Crippen molar-refractivity contribution in [3.05, 3.63) is 24.3 Å². The van der Waals surface area contributed by atoms with Crippen molar-refractivity contribution in [3.8, 4) is 11.5 Å². The van der Waals surface area contributed by atoms with Crippen molar-refractivity contribution in [2.75, 3.05) is 13.2 Å². The molecule has 0 bridgehead atoms.